The maximum absolute atomic E-state index is 13.9. The number of nitro benzene ring substituents is 1. The van der Waals surface area contributed by atoms with Crippen molar-refractivity contribution >= 4 is 50.2 Å². The summed E-state index contributed by atoms with van der Waals surface area (Å²) in [6.45, 7) is 11.9. The van der Waals surface area contributed by atoms with Crippen LogP contribution in [0.5, 0.6) is 17.2 Å². The molecule has 4 aromatic rings. The number of allylic oxidation sites excluding steroid dienone is 1. The van der Waals surface area contributed by atoms with Crippen molar-refractivity contribution in [2.24, 2.45) is 5.41 Å². The number of anilines is 2. The number of nitrogens with one attached hydrogen (secondary N) is 2. The first-order valence-electron chi connectivity index (χ1n) is 20.4. The van der Waals surface area contributed by atoms with Crippen LogP contribution in [0.2, 0.25) is 5.02 Å². The fourth-order valence-electron chi connectivity index (χ4n) is 8.27. The van der Waals surface area contributed by atoms with Crippen LogP contribution in [0.1, 0.15) is 67.4 Å². The van der Waals surface area contributed by atoms with Gasteiger partial charge in [-0.1, -0.05) is 49.2 Å². The summed E-state index contributed by atoms with van der Waals surface area (Å²) in [4.78, 5) is 31.8. The molecule has 2 heterocycles. The number of ether oxygens (including phenoxy) is 1. The summed E-state index contributed by atoms with van der Waals surface area (Å²) in [7, 11) is -2.55. The van der Waals surface area contributed by atoms with Gasteiger partial charge in [0.05, 0.1) is 15.4 Å². The third kappa shape index (κ3) is 10.1. The zero-order chi connectivity index (χ0) is 42.8. The first-order chi connectivity index (χ1) is 28.5. The lowest BCUT2D eigenvalue weighted by Crippen LogP contribution is -2.47. The van der Waals surface area contributed by atoms with Crippen LogP contribution in [0.4, 0.5) is 17.1 Å². The van der Waals surface area contributed by atoms with Crippen molar-refractivity contribution in [3.8, 4) is 17.2 Å². The van der Waals surface area contributed by atoms with Gasteiger partial charge in [0, 0.05) is 67.2 Å². The van der Waals surface area contributed by atoms with Crippen LogP contribution >= 0.6 is 11.6 Å². The highest BCUT2D eigenvalue weighted by atomic mass is 35.5. The Morgan fingerprint density at radius 2 is 1.68 bits per heavy atom. The topological polar surface area (TPSA) is 158 Å². The van der Waals surface area contributed by atoms with Gasteiger partial charge in [-0.15, -0.1) is 0 Å². The minimum atomic E-state index is -4.56. The Bertz CT molecular complexity index is 2390. The molecule has 2 fully saturated rings. The minimum absolute atomic E-state index is 0.000395. The predicted molar refractivity (Wildman–Crippen MR) is 236 cm³/mol. The van der Waals surface area contributed by atoms with E-state index in [4.69, 9.17) is 16.3 Å². The Hall–Kier alpha value is -5.15. The van der Waals surface area contributed by atoms with Crippen molar-refractivity contribution in [3.63, 3.8) is 0 Å². The number of hydrogen-bond acceptors (Lipinski definition) is 11. The molecule has 0 bridgehead atoms. The van der Waals surface area contributed by atoms with Crippen molar-refractivity contribution in [1.29, 1.82) is 0 Å². The van der Waals surface area contributed by atoms with Crippen LogP contribution in [-0.4, -0.2) is 93.1 Å². The van der Waals surface area contributed by atoms with Crippen LogP contribution < -0.4 is 19.7 Å². The van der Waals surface area contributed by atoms with Crippen molar-refractivity contribution in [2.45, 2.75) is 63.8 Å². The molecule has 1 amide bonds. The van der Waals surface area contributed by atoms with E-state index in [1.54, 1.807) is 31.2 Å². The molecule has 13 nitrogen and oxygen atoms in total. The van der Waals surface area contributed by atoms with E-state index in [0.29, 0.717) is 18.7 Å². The number of phenolic OH excluding ortho intramolecular Hbond substituents is 1. The van der Waals surface area contributed by atoms with Gasteiger partial charge in [-0.25, -0.2) is 13.1 Å². The quantitative estimate of drug-likeness (QED) is 0.0928. The van der Waals surface area contributed by atoms with E-state index in [2.05, 4.69) is 50.7 Å². The maximum atomic E-state index is 13.9. The number of sulfonamides is 1. The average molecular weight is 857 g/mol. The molecule has 3 aliphatic rings. The van der Waals surface area contributed by atoms with Crippen molar-refractivity contribution < 1.29 is 28.0 Å². The second-order valence-corrected chi connectivity index (χ2v) is 19.1. The molecule has 4 aromatic carbocycles. The highest BCUT2D eigenvalue weighted by Crippen LogP contribution is 2.43. The molecule has 1 aliphatic carbocycles. The Kier molecular flexibility index (Phi) is 12.8. The Balaban J connectivity index is 1.10. The molecule has 0 atom stereocenters. The number of nitro groups is 1. The number of amides is 1. The van der Waals surface area contributed by atoms with Gasteiger partial charge in [0.2, 0.25) is 0 Å². The molecular weight excluding hydrogens is 804 g/mol. The van der Waals surface area contributed by atoms with E-state index in [-0.39, 0.29) is 40.0 Å². The smallest absolute Gasteiger partial charge is 0.293 e. The van der Waals surface area contributed by atoms with Gasteiger partial charge in [0.25, 0.3) is 21.6 Å². The highest BCUT2D eigenvalue weighted by molar-refractivity contribution is 7.90. The summed E-state index contributed by atoms with van der Waals surface area (Å²) < 4.78 is 35.7. The molecule has 0 saturated carbocycles. The average Bonchev–Trinajstić information content (AvgIpc) is 3.21. The first kappa shape index (κ1) is 43.0. The lowest BCUT2D eigenvalue weighted by atomic mass is 9.72. The lowest BCUT2D eigenvalue weighted by Gasteiger charge is -2.39. The third-order valence-electron chi connectivity index (χ3n) is 12.0. The van der Waals surface area contributed by atoms with E-state index in [9.17, 15) is 28.4 Å². The summed E-state index contributed by atoms with van der Waals surface area (Å²) >= 11 is 6.23. The molecule has 3 N–H and O–H groups in total. The molecular formula is C45H53ClN6O7S. The molecule has 15 heteroatoms. The van der Waals surface area contributed by atoms with E-state index >= 15 is 0 Å². The van der Waals surface area contributed by atoms with Gasteiger partial charge < -0.3 is 25.0 Å². The molecule has 2 aliphatic heterocycles. The third-order valence-corrected chi connectivity index (χ3v) is 13.6. The second kappa shape index (κ2) is 17.8. The molecule has 2 saturated heterocycles. The second-order valence-electron chi connectivity index (χ2n) is 17.0. The number of likely N-dealkylation sites (tertiary alicyclic amines) is 1. The number of phenols is 1. The van der Waals surface area contributed by atoms with Crippen molar-refractivity contribution in [1.82, 2.24) is 14.5 Å². The Morgan fingerprint density at radius 1 is 0.967 bits per heavy atom. The molecule has 0 aromatic heterocycles. The number of benzene rings is 4. The van der Waals surface area contributed by atoms with Crippen LogP contribution in [0.3, 0.4) is 0 Å². The van der Waals surface area contributed by atoms with Gasteiger partial charge in [0.1, 0.15) is 22.9 Å². The molecule has 0 unspecified atom stereocenters. The molecule has 0 spiro atoms. The highest BCUT2D eigenvalue weighted by Gasteiger charge is 2.31. The lowest BCUT2D eigenvalue weighted by molar-refractivity contribution is -0.384. The summed E-state index contributed by atoms with van der Waals surface area (Å²) in [5.74, 6) is -0.601. The summed E-state index contributed by atoms with van der Waals surface area (Å²) in [6, 6.07) is 21.5. The fraction of sp³-hybridized carbons (Fsp3) is 0.400. The number of halogens is 1. The molecule has 60 heavy (non-hydrogen) atoms. The van der Waals surface area contributed by atoms with E-state index < -0.39 is 31.4 Å². The van der Waals surface area contributed by atoms with Gasteiger partial charge in [-0.05, 0) is 124 Å². The SMILES string of the molecule is Cc1c(O)cccc1Oc1cc(N2CCN(CC3=C(c4ccc(Cl)cc4)CC(C)(C)CC3)CC2)ccc1C(=O)NS(=O)(=O)c1ccc(NC2CCN(C)CC2)c([N+](=O)[O-])c1. The summed E-state index contributed by atoms with van der Waals surface area (Å²) in [5.41, 5.74) is 5.27. The largest absolute Gasteiger partial charge is 0.508 e. The number of carbonyl (C=O) groups excluding carboxylic acids is 1. The Labute approximate surface area is 357 Å². The number of rotatable bonds is 12. The minimum Gasteiger partial charge on any atom is -0.508 e. The first-order valence-corrected chi connectivity index (χ1v) is 22.3. The van der Waals surface area contributed by atoms with Gasteiger partial charge in [-0.2, -0.15) is 0 Å². The van der Waals surface area contributed by atoms with E-state index in [0.717, 1.165) is 81.6 Å². The van der Waals surface area contributed by atoms with Crippen molar-refractivity contribution in [2.75, 3.05) is 63.1 Å². The number of piperidine rings is 1. The molecule has 7 rings (SSSR count). The fourth-order valence-corrected chi connectivity index (χ4v) is 9.38. The number of hydrogen-bond donors (Lipinski definition) is 3. The molecule has 0 radical (unpaired) electrons. The number of nitrogens with zero attached hydrogens (tertiary/aromatic N) is 4. The zero-order valence-electron chi connectivity index (χ0n) is 34.5. The van der Waals surface area contributed by atoms with Gasteiger partial charge >= 0.3 is 0 Å². The van der Waals surface area contributed by atoms with E-state index in [1.165, 1.54) is 41.0 Å². The van der Waals surface area contributed by atoms with Crippen LogP contribution in [0, 0.1) is 22.5 Å². The number of piperazine rings is 1. The number of aromatic hydroxyl groups is 1. The summed E-state index contributed by atoms with van der Waals surface area (Å²) in [5, 5.41) is 26.5. The van der Waals surface area contributed by atoms with Crippen LogP contribution in [0.25, 0.3) is 5.57 Å². The number of carbonyl (C=O) groups is 1. The van der Waals surface area contributed by atoms with Crippen molar-refractivity contribution in [3.05, 3.63) is 116 Å². The maximum Gasteiger partial charge on any atom is 0.293 e. The standard InChI is InChI=1S/C45H53ClN6O7S/c1-30-41(53)6-5-7-42(30)59-43-26-35(51-24-22-50(23-25-51)29-32-16-19-45(2,3)28-38(32)31-8-10-33(46)11-9-31)12-14-37(43)44(54)48-60(57,58)36-13-15-39(40(27-36)52(55)56)47-34-17-20-49(4)21-18-34/h5-15,26-27,34,47,53H,16-25,28-29H2,1-4H3,(H,48,54). The van der Waals surface area contributed by atoms with E-state index in [1.807, 2.05) is 19.2 Å². The van der Waals surface area contributed by atoms with Crippen LogP contribution in [-0.2, 0) is 10.0 Å². The zero-order valence-corrected chi connectivity index (χ0v) is 36.1. The molecule has 318 valence electrons. The normalized spacial score (nSPS) is 18.0. The van der Waals surface area contributed by atoms with Gasteiger partial charge in [-0.3, -0.25) is 19.8 Å². The van der Waals surface area contributed by atoms with Crippen LogP contribution in [0.15, 0.2) is 89.3 Å². The van der Waals surface area contributed by atoms with Gasteiger partial charge in [0.15, 0.2) is 0 Å². The monoisotopic (exact) mass is 856 g/mol. The summed E-state index contributed by atoms with van der Waals surface area (Å²) in [6.07, 6.45) is 4.75. The Morgan fingerprint density at radius 3 is 2.38 bits per heavy atom. The predicted octanol–water partition coefficient (Wildman–Crippen LogP) is 8.47.